The number of rotatable bonds is 8. The number of ether oxygens (including phenoxy) is 2. The van der Waals surface area contributed by atoms with Gasteiger partial charge in [0.1, 0.15) is 5.82 Å². The van der Waals surface area contributed by atoms with Gasteiger partial charge in [0.2, 0.25) is 12.1 Å². The molecule has 5 nitrogen and oxygen atoms in total. The Morgan fingerprint density at radius 3 is 1.70 bits per heavy atom. The first-order chi connectivity index (χ1) is 11.2. The van der Waals surface area contributed by atoms with Crippen molar-refractivity contribution in [2.75, 3.05) is 24.9 Å². The molecule has 0 aromatic heterocycles. The van der Waals surface area contributed by atoms with Gasteiger partial charge in [0.05, 0.1) is 0 Å². The third kappa shape index (κ3) is 5.25. The Balaban J connectivity index is 2.21. The second kappa shape index (κ2) is 8.73. The maximum absolute atomic E-state index is 12.2. The quantitative estimate of drug-likeness (QED) is 0.579. The van der Waals surface area contributed by atoms with Gasteiger partial charge in [-0.2, -0.15) is 0 Å². The van der Waals surface area contributed by atoms with Gasteiger partial charge in [0.25, 0.3) is 0 Å². The molecule has 0 amide bonds. The van der Waals surface area contributed by atoms with Crippen molar-refractivity contribution in [2.45, 2.75) is 6.29 Å². The van der Waals surface area contributed by atoms with Gasteiger partial charge < -0.3 is 20.1 Å². The smallest absolute Gasteiger partial charge is 0.221 e. The molecule has 0 saturated heterocycles. The first-order valence-corrected chi connectivity index (χ1v) is 7.18. The van der Waals surface area contributed by atoms with Gasteiger partial charge >= 0.3 is 0 Å². The summed E-state index contributed by atoms with van der Waals surface area (Å²) in [5, 5.41) is 6.36. The fourth-order valence-corrected chi connectivity index (χ4v) is 2.00. The molecule has 0 aliphatic rings. The lowest BCUT2D eigenvalue weighted by Gasteiger charge is -2.15. The predicted octanol–water partition coefficient (Wildman–Crippen LogP) is 3.24. The number of carbonyl (C=O) groups is 1. The molecule has 0 unspecified atom stereocenters. The van der Waals surface area contributed by atoms with Crippen molar-refractivity contribution >= 4 is 17.2 Å². The molecule has 0 bridgehead atoms. The van der Waals surface area contributed by atoms with Crippen molar-refractivity contribution in [3.8, 4) is 0 Å². The number of benzene rings is 2. The minimum atomic E-state index is -0.930. The maximum atomic E-state index is 12.2. The third-order valence-corrected chi connectivity index (χ3v) is 3.05. The first-order valence-electron chi connectivity index (χ1n) is 7.18. The fraction of sp³-hybridized carbons (Fsp3) is 0.167. The molecule has 5 heteroatoms. The van der Waals surface area contributed by atoms with Gasteiger partial charge in [-0.15, -0.1) is 0 Å². The topological polar surface area (TPSA) is 59.6 Å². The molecule has 0 radical (unpaired) electrons. The molecule has 2 rings (SSSR count). The number of nitrogens with one attached hydrogen (secondary N) is 2. The van der Waals surface area contributed by atoms with Gasteiger partial charge in [0, 0.05) is 31.7 Å². The number of hydrogen-bond donors (Lipinski definition) is 2. The van der Waals surface area contributed by atoms with E-state index in [4.69, 9.17) is 9.47 Å². The molecule has 2 N–H and O–H groups in total. The molecule has 2 aromatic rings. The van der Waals surface area contributed by atoms with Crippen molar-refractivity contribution in [1.82, 2.24) is 0 Å². The van der Waals surface area contributed by atoms with Crippen LogP contribution in [0.5, 0.6) is 0 Å². The molecule has 0 saturated carbocycles. The highest BCUT2D eigenvalue weighted by molar-refractivity contribution is 5.94. The number of hydrogen-bond acceptors (Lipinski definition) is 5. The normalized spacial score (nSPS) is 10.2. The molecule has 23 heavy (non-hydrogen) atoms. The molecule has 0 fully saturated rings. The monoisotopic (exact) mass is 312 g/mol. The van der Waals surface area contributed by atoms with E-state index in [-0.39, 0.29) is 5.78 Å². The van der Waals surface area contributed by atoms with Crippen molar-refractivity contribution in [3.63, 3.8) is 0 Å². The van der Waals surface area contributed by atoms with Crippen LogP contribution >= 0.6 is 0 Å². The van der Waals surface area contributed by atoms with Crippen LogP contribution in [0.3, 0.4) is 0 Å². The average molecular weight is 312 g/mol. The second-order valence-electron chi connectivity index (χ2n) is 4.75. The minimum Gasteiger partial charge on any atom is -0.349 e. The molecular formula is C18H20N2O3. The van der Waals surface area contributed by atoms with Crippen molar-refractivity contribution in [3.05, 3.63) is 72.6 Å². The predicted molar refractivity (Wildman–Crippen MR) is 91.0 cm³/mol. The SMILES string of the molecule is COC(OC)C(=O)C=C(Nc1ccccc1)Nc1ccccc1. The van der Waals surface area contributed by atoms with Crippen molar-refractivity contribution in [1.29, 1.82) is 0 Å². The van der Waals surface area contributed by atoms with E-state index < -0.39 is 6.29 Å². The van der Waals surface area contributed by atoms with Crippen LogP contribution in [0.1, 0.15) is 0 Å². The highest BCUT2D eigenvalue weighted by Crippen LogP contribution is 2.14. The fourth-order valence-electron chi connectivity index (χ4n) is 2.00. The molecule has 2 aromatic carbocycles. The number of anilines is 2. The minimum absolute atomic E-state index is 0.295. The largest absolute Gasteiger partial charge is 0.349 e. The van der Waals surface area contributed by atoms with Crippen LogP contribution in [0, 0.1) is 0 Å². The maximum Gasteiger partial charge on any atom is 0.221 e. The highest BCUT2D eigenvalue weighted by atomic mass is 16.7. The summed E-state index contributed by atoms with van der Waals surface area (Å²) in [5.41, 5.74) is 1.72. The van der Waals surface area contributed by atoms with E-state index in [9.17, 15) is 4.79 Å². The van der Waals surface area contributed by atoms with Gasteiger partial charge in [-0.05, 0) is 24.3 Å². The molecule has 0 heterocycles. The highest BCUT2D eigenvalue weighted by Gasteiger charge is 2.15. The zero-order valence-corrected chi connectivity index (χ0v) is 13.2. The van der Waals surface area contributed by atoms with Crippen LogP contribution < -0.4 is 10.6 Å². The Kier molecular flexibility index (Phi) is 6.35. The van der Waals surface area contributed by atoms with E-state index in [1.54, 1.807) is 0 Å². The number of methoxy groups -OCH3 is 2. The molecule has 0 atom stereocenters. The first kappa shape index (κ1) is 16.7. The van der Waals surface area contributed by atoms with Gasteiger partial charge in [-0.1, -0.05) is 36.4 Å². The zero-order valence-electron chi connectivity index (χ0n) is 13.2. The molecular weight excluding hydrogens is 292 g/mol. The van der Waals surface area contributed by atoms with Gasteiger partial charge in [0.15, 0.2) is 0 Å². The van der Waals surface area contributed by atoms with Crippen molar-refractivity contribution in [2.24, 2.45) is 0 Å². The van der Waals surface area contributed by atoms with Gasteiger partial charge in [-0.3, -0.25) is 4.79 Å². The lowest BCUT2D eigenvalue weighted by atomic mass is 10.3. The molecule has 0 aliphatic carbocycles. The van der Waals surface area contributed by atoms with Crippen LogP contribution in [0.15, 0.2) is 72.6 Å². The van der Waals surface area contributed by atoms with Crippen molar-refractivity contribution < 1.29 is 14.3 Å². The van der Waals surface area contributed by atoms with E-state index in [1.807, 2.05) is 60.7 Å². The van der Waals surface area contributed by atoms with E-state index >= 15 is 0 Å². The molecule has 120 valence electrons. The Labute approximate surface area is 135 Å². The molecule has 0 aliphatic heterocycles. The summed E-state index contributed by atoms with van der Waals surface area (Å²) in [7, 11) is 2.85. The lowest BCUT2D eigenvalue weighted by Crippen LogP contribution is -2.25. The van der Waals surface area contributed by atoms with Gasteiger partial charge in [-0.25, -0.2) is 0 Å². The van der Waals surface area contributed by atoms with E-state index in [0.29, 0.717) is 5.82 Å². The van der Waals surface area contributed by atoms with Crippen LogP contribution in [-0.2, 0) is 14.3 Å². The molecule has 0 spiro atoms. The van der Waals surface area contributed by atoms with Crippen LogP contribution in [-0.4, -0.2) is 26.3 Å². The summed E-state index contributed by atoms with van der Waals surface area (Å²) in [6.07, 6.45) is 0.498. The number of para-hydroxylation sites is 2. The summed E-state index contributed by atoms with van der Waals surface area (Å²) in [6.45, 7) is 0. The summed E-state index contributed by atoms with van der Waals surface area (Å²) < 4.78 is 9.98. The second-order valence-corrected chi connectivity index (χ2v) is 4.75. The van der Waals surface area contributed by atoms with E-state index in [1.165, 1.54) is 20.3 Å². The summed E-state index contributed by atoms with van der Waals surface area (Å²) in [5.74, 6) is 0.239. The number of ketones is 1. The Bertz CT molecular complexity index is 594. The Hall–Kier alpha value is -2.63. The standard InChI is InChI=1S/C18H20N2O3/c1-22-18(23-2)16(21)13-17(19-14-9-5-3-6-10-14)20-15-11-7-4-8-12-15/h3-13,18-20H,1-2H3. The third-order valence-electron chi connectivity index (χ3n) is 3.05. The van der Waals surface area contributed by atoms with E-state index in [2.05, 4.69) is 10.6 Å². The number of carbonyl (C=O) groups excluding carboxylic acids is 1. The van der Waals surface area contributed by atoms with Crippen LogP contribution in [0.4, 0.5) is 11.4 Å². The lowest BCUT2D eigenvalue weighted by molar-refractivity contribution is -0.151. The summed E-state index contributed by atoms with van der Waals surface area (Å²) in [4.78, 5) is 12.2. The van der Waals surface area contributed by atoms with E-state index in [0.717, 1.165) is 11.4 Å². The summed E-state index contributed by atoms with van der Waals surface area (Å²) in [6, 6.07) is 19.2. The Morgan fingerprint density at radius 2 is 1.30 bits per heavy atom. The van der Waals surface area contributed by atoms with Crippen LogP contribution in [0.25, 0.3) is 0 Å². The average Bonchev–Trinajstić information content (AvgIpc) is 2.57. The van der Waals surface area contributed by atoms with Crippen LogP contribution in [0.2, 0.25) is 0 Å². The zero-order chi connectivity index (χ0) is 16.5. The Morgan fingerprint density at radius 1 is 0.870 bits per heavy atom. The summed E-state index contributed by atoms with van der Waals surface area (Å²) >= 11 is 0.